The van der Waals surface area contributed by atoms with Crippen LogP contribution in [-0.2, 0) is 4.74 Å². The van der Waals surface area contributed by atoms with Crippen LogP contribution in [0, 0.1) is 5.92 Å². The first-order chi connectivity index (χ1) is 9.67. The highest BCUT2D eigenvalue weighted by atomic mass is 16.5. The largest absolute Gasteiger partial charge is 0.497 e. The van der Waals surface area contributed by atoms with Gasteiger partial charge >= 0.3 is 0 Å². The number of nitrogens with two attached hydrogens (primary N) is 1. The third-order valence-corrected chi connectivity index (χ3v) is 3.97. The van der Waals surface area contributed by atoms with Crippen molar-refractivity contribution in [2.45, 2.75) is 31.4 Å². The number of rotatable bonds is 4. The molecule has 20 heavy (non-hydrogen) atoms. The number of benzene rings is 1. The number of anilines is 1. The second-order valence-corrected chi connectivity index (χ2v) is 5.54. The van der Waals surface area contributed by atoms with E-state index in [2.05, 4.69) is 5.32 Å². The molecule has 2 aliphatic rings. The van der Waals surface area contributed by atoms with Crippen LogP contribution in [0.5, 0.6) is 5.75 Å². The molecule has 5 heteroatoms. The molecule has 3 N–H and O–H groups in total. The average Bonchev–Trinajstić information content (AvgIpc) is 3.18. The predicted molar refractivity (Wildman–Crippen MR) is 75.7 cm³/mol. The highest BCUT2D eigenvalue weighted by Crippen LogP contribution is 2.38. The van der Waals surface area contributed by atoms with Crippen LogP contribution in [0.15, 0.2) is 18.2 Å². The first kappa shape index (κ1) is 13.2. The van der Waals surface area contributed by atoms with Crippen molar-refractivity contribution in [3.63, 3.8) is 0 Å². The van der Waals surface area contributed by atoms with E-state index < -0.39 is 0 Å². The van der Waals surface area contributed by atoms with E-state index in [-0.39, 0.29) is 18.1 Å². The van der Waals surface area contributed by atoms with Gasteiger partial charge in [0.05, 0.1) is 19.3 Å². The first-order valence-electron chi connectivity index (χ1n) is 7.04. The molecule has 1 aromatic carbocycles. The number of ether oxygens (including phenoxy) is 2. The van der Waals surface area contributed by atoms with Crippen molar-refractivity contribution < 1.29 is 14.3 Å². The lowest BCUT2D eigenvalue weighted by Crippen LogP contribution is -2.41. The molecule has 3 rings (SSSR count). The quantitative estimate of drug-likeness (QED) is 0.819. The lowest BCUT2D eigenvalue weighted by molar-refractivity contribution is 0.0729. The molecule has 1 aliphatic heterocycles. The maximum atomic E-state index is 12.3. The maximum Gasteiger partial charge on any atom is 0.251 e. The van der Waals surface area contributed by atoms with E-state index in [0.717, 1.165) is 13.0 Å². The Morgan fingerprint density at radius 3 is 2.85 bits per heavy atom. The first-order valence-corrected chi connectivity index (χ1v) is 7.04. The van der Waals surface area contributed by atoms with Gasteiger partial charge in [-0.3, -0.25) is 4.79 Å². The lowest BCUT2D eigenvalue weighted by Gasteiger charge is -2.19. The molecule has 2 unspecified atom stereocenters. The van der Waals surface area contributed by atoms with Gasteiger partial charge in [-0.1, -0.05) is 0 Å². The Morgan fingerprint density at radius 2 is 2.15 bits per heavy atom. The van der Waals surface area contributed by atoms with Gasteiger partial charge in [0.1, 0.15) is 5.75 Å². The van der Waals surface area contributed by atoms with Crippen molar-refractivity contribution in [3.8, 4) is 5.75 Å². The third-order valence-electron chi connectivity index (χ3n) is 3.97. The number of amides is 1. The number of hydrogen-bond acceptors (Lipinski definition) is 4. The molecule has 0 radical (unpaired) electrons. The molecule has 1 saturated carbocycles. The Morgan fingerprint density at radius 1 is 1.35 bits per heavy atom. The van der Waals surface area contributed by atoms with Gasteiger partial charge in [-0.05, 0) is 37.3 Å². The van der Waals surface area contributed by atoms with Crippen molar-refractivity contribution in [3.05, 3.63) is 23.8 Å². The summed E-state index contributed by atoms with van der Waals surface area (Å²) in [6.45, 7) is 0.729. The predicted octanol–water partition coefficient (Wildman–Crippen LogP) is 1.57. The van der Waals surface area contributed by atoms with Crippen LogP contribution in [0.1, 0.15) is 29.6 Å². The van der Waals surface area contributed by atoms with E-state index in [9.17, 15) is 4.79 Å². The summed E-state index contributed by atoms with van der Waals surface area (Å²) in [6.07, 6.45) is 3.49. The van der Waals surface area contributed by atoms with Gasteiger partial charge in [0.15, 0.2) is 0 Å². The molecule has 2 fully saturated rings. The summed E-state index contributed by atoms with van der Waals surface area (Å²) < 4.78 is 10.9. The minimum Gasteiger partial charge on any atom is -0.497 e. The fourth-order valence-electron chi connectivity index (χ4n) is 2.78. The number of hydrogen-bond donors (Lipinski definition) is 2. The van der Waals surface area contributed by atoms with Crippen LogP contribution in [0.4, 0.5) is 5.69 Å². The van der Waals surface area contributed by atoms with Crippen LogP contribution in [0.2, 0.25) is 0 Å². The summed E-state index contributed by atoms with van der Waals surface area (Å²) in [7, 11) is 1.56. The smallest absolute Gasteiger partial charge is 0.251 e. The standard InChI is InChI=1S/C15H20N2O3/c1-19-12-7-10(6-11(16)8-12)15(18)17-13-4-5-20-14(13)9-2-3-9/h6-9,13-14H,2-5,16H2,1H3,(H,17,18). The molecule has 1 amide bonds. The Balaban J connectivity index is 1.70. The molecule has 0 aromatic heterocycles. The molecule has 108 valence electrons. The zero-order valence-corrected chi connectivity index (χ0v) is 11.6. The van der Waals surface area contributed by atoms with Gasteiger partial charge in [0.2, 0.25) is 0 Å². The number of carbonyl (C=O) groups excluding carboxylic acids is 1. The Hall–Kier alpha value is -1.75. The summed E-state index contributed by atoms with van der Waals surface area (Å²) in [5.74, 6) is 1.10. The highest BCUT2D eigenvalue weighted by Gasteiger charge is 2.41. The van der Waals surface area contributed by atoms with Gasteiger partial charge in [-0.2, -0.15) is 0 Å². The van der Waals surface area contributed by atoms with Crippen LogP contribution >= 0.6 is 0 Å². The summed E-state index contributed by atoms with van der Waals surface area (Å²) >= 11 is 0. The Kier molecular flexibility index (Phi) is 3.53. The Bertz CT molecular complexity index is 514. The topological polar surface area (TPSA) is 73.6 Å². The van der Waals surface area contributed by atoms with E-state index in [1.54, 1.807) is 25.3 Å². The summed E-state index contributed by atoms with van der Waals surface area (Å²) in [6, 6.07) is 5.18. The van der Waals surface area contributed by atoms with Crippen molar-refractivity contribution in [2.24, 2.45) is 5.92 Å². The van der Waals surface area contributed by atoms with Crippen LogP contribution in [-0.4, -0.2) is 31.8 Å². The number of carbonyl (C=O) groups is 1. The highest BCUT2D eigenvalue weighted by molar-refractivity contribution is 5.95. The Labute approximate surface area is 118 Å². The van der Waals surface area contributed by atoms with Gasteiger partial charge in [0.25, 0.3) is 5.91 Å². The normalized spacial score (nSPS) is 25.4. The van der Waals surface area contributed by atoms with Gasteiger partial charge in [0, 0.05) is 23.9 Å². The molecular weight excluding hydrogens is 256 g/mol. The summed E-state index contributed by atoms with van der Waals surface area (Å²) in [5.41, 5.74) is 6.84. The summed E-state index contributed by atoms with van der Waals surface area (Å²) in [5, 5.41) is 3.07. The van der Waals surface area contributed by atoms with E-state index >= 15 is 0 Å². The molecule has 0 bridgehead atoms. The molecule has 5 nitrogen and oxygen atoms in total. The van der Waals surface area contributed by atoms with Gasteiger partial charge in [-0.25, -0.2) is 0 Å². The van der Waals surface area contributed by atoms with Gasteiger partial charge in [-0.15, -0.1) is 0 Å². The van der Waals surface area contributed by atoms with Crippen molar-refractivity contribution in [1.82, 2.24) is 5.32 Å². The number of methoxy groups -OCH3 is 1. The van der Waals surface area contributed by atoms with Crippen molar-refractivity contribution >= 4 is 11.6 Å². The minimum absolute atomic E-state index is 0.113. The average molecular weight is 276 g/mol. The van der Waals surface area contributed by atoms with Crippen molar-refractivity contribution in [1.29, 1.82) is 0 Å². The molecule has 1 saturated heterocycles. The van der Waals surface area contributed by atoms with Crippen LogP contribution in [0.3, 0.4) is 0 Å². The minimum atomic E-state index is -0.114. The number of nitrogen functional groups attached to an aromatic ring is 1. The van der Waals surface area contributed by atoms with Crippen molar-refractivity contribution in [2.75, 3.05) is 19.5 Å². The second kappa shape index (κ2) is 5.32. The van der Waals surface area contributed by atoms with E-state index in [1.807, 2.05) is 0 Å². The van der Waals surface area contributed by atoms with E-state index in [0.29, 0.717) is 22.9 Å². The molecule has 0 spiro atoms. The molecule has 2 atom stereocenters. The molecule has 1 aromatic rings. The van der Waals surface area contributed by atoms with Gasteiger partial charge < -0.3 is 20.5 Å². The zero-order valence-electron chi connectivity index (χ0n) is 11.6. The fraction of sp³-hybridized carbons (Fsp3) is 0.533. The van der Waals surface area contributed by atoms with E-state index in [4.69, 9.17) is 15.2 Å². The van der Waals surface area contributed by atoms with E-state index in [1.165, 1.54) is 12.8 Å². The van der Waals surface area contributed by atoms with Crippen LogP contribution < -0.4 is 15.8 Å². The molecular formula is C15H20N2O3. The van der Waals surface area contributed by atoms with Crippen LogP contribution in [0.25, 0.3) is 0 Å². The zero-order chi connectivity index (χ0) is 14.1. The third kappa shape index (κ3) is 2.72. The number of nitrogens with one attached hydrogen (secondary N) is 1. The monoisotopic (exact) mass is 276 g/mol. The lowest BCUT2D eigenvalue weighted by atomic mass is 10.1. The molecule has 1 heterocycles. The molecule has 1 aliphatic carbocycles. The fourth-order valence-corrected chi connectivity index (χ4v) is 2.78. The SMILES string of the molecule is COc1cc(N)cc(C(=O)NC2CCOC2C2CC2)c1. The second-order valence-electron chi connectivity index (χ2n) is 5.54. The maximum absolute atomic E-state index is 12.3. The summed E-state index contributed by atoms with van der Waals surface area (Å²) in [4.78, 5) is 12.3.